The van der Waals surface area contributed by atoms with Crippen molar-refractivity contribution in [2.45, 2.75) is 70.4 Å². The lowest BCUT2D eigenvalue weighted by Gasteiger charge is -2.39. The van der Waals surface area contributed by atoms with Crippen molar-refractivity contribution in [1.82, 2.24) is 19.4 Å². The summed E-state index contributed by atoms with van der Waals surface area (Å²) < 4.78 is 61.0. The molecular formula is C35H42F2N4O6. The number of pyridine rings is 2. The molecule has 10 nitrogen and oxygen atoms in total. The monoisotopic (exact) mass is 652 g/mol. The molecule has 1 amide bonds. The fourth-order valence-electron chi connectivity index (χ4n) is 5.82. The number of rotatable bonds is 13. The van der Waals surface area contributed by atoms with Crippen LogP contribution in [0.3, 0.4) is 0 Å². The van der Waals surface area contributed by atoms with Crippen molar-refractivity contribution in [3.63, 3.8) is 0 Å². The number of benzene rings is 1. The summed E-state index contributed by atoms with van der Waals surface area (Å²) in [6.07, 6.45) is 7.73. The summed E-state index contributed by atoms with van der Waals surface area (Å²) in [5.41, 5.74) is 1.48. The fourth-order valence-corrected chi connectivity index (χ4v) is 5.82. The zero-order chi connectivity index (χ0) is 33.1. The van der Waals surface area contributed by atoms with Crippen molar-refractivity contribution in [2.24, 2.45) is 7.05 Å². The van der Waals surface area contributed by atoms with E-state index in [1.54, 1.807) is 41.6 Å². The average molecular weight is 653 g/mol. The fraction of sp³-hybridized carbons (Fsp3) is 0.514. The van der Waals surface area contributed by atoms with Crippen LogP contribution < -0.4 is 4.74 Å². The minimum absolute atomic E-state index is 0.00331. The van der Waals surface area contributed by atoms with Crippen LogP contribution in [0.1, 0.15) is 46.5 Å². The largest absolute Gasteiger partial charge is 0.474 e. The Morgan fingerprint density at radius 3 is 2.32 bits per heavy atom. The van der Waals surface area contributed by atoms with Gasteiger partial charge in [0.25, 0.3) is 0 Å². The number of carbonyl (C=O) groups is 1. The van der Waals surface area contributed by atoms with Crippen molar-refractivity contribution in [1.29, 1.82) is 0 Å². The van der Waals surface area contributed by atoms with E-state index in [1.165, 1.54) is 6.20 Å². The summed E-state index contributed by atoms with van der Waals surface area (Å²) >= 11 is 0. The van der Waals surface area contributed by atoms with E-state index in [0.717, 1.165) is 31.2 Å². The first-order chi connectivity index (χ1) is 22.6. The van der Waals surface area contributed by atoms with Crippen molar-refractivity contribution in [2.75, 3.05) is 39.5 Å². The number of aryl methyl sites for hydroxylation is 1. The van der Waals surface area contributed by atoms with Crippen LogP contribution in [0.25, 0.3) is 32.9 Å². The molecule has 2 aliphatic rings. The Morgan fingerprint density at radius 1 is 0.915 bits per heavy atom. The molecule has 2 fully saturated rings. The SMILES string of the molecule is Cn1c2ccncc2c2c(F)c(F)c(-c3ccc(O[C@H]4C[C@H](OCCCOCCCOC5CN(C(=O)OC(C)(C)C)C5)C4)nc3)cc21. The van der Waals surface area contributed by atoms with Gasteiger partial charge in [-0.3, -0.25) is 4.98 Å². The molecule has 4 heterocycles. The van der Waals surface area contributed by atoms with E-state index in [9.17, 15) is 4.79 Å². The Hall–Kier alpha value is -3.87. The Morgan fingerprint density at radius 2 is 1.64 bits per heavy atom. The quantitative estimate of drug-likeness (QED) is 0.153. The molecule has 1 aliphatic heterocycles. The van der Waals surface area contributed by atoms with E-state index in [0.29, 0.717) is 61.9 Å². The molecule has 6 rings (SSSR count). The van der Waals surface area contributed by atoms with Gasteiger partial charge in [-0.25, -0.2) is 18.6 Å². The first-order valence-corrected chi connectivity index (χ1v) is 16.2. The van der Waals surface area contributed by atoms with E-state index in [4.69, 9.17) is 23.7 Å². The van der Waals surface area contributed by atoms with E-state index in [2.05, 4.69) is 9.97 Å². The highest BCUT2D eigenvalue weighted by atomic mass is 19.2. The molecule has 1 aliphatic carbocycles. The molecule has 47 heavy (non-hydrogen) atoms. The molecule has 12 heteroatoms. The van der Waals surface area contributed by atoms with Crippen LogP contribution in [0.5, 0.6) is 5.88 Å². The Kier molecular flexibility index (Phi) is 9.90. The number of ether oxygens (including phenoxy) is 5. The van der Waals surface area contributed by atoms with Crippen molar-refractivity contribution < 1.29 is 37.3 Å². The second-order valence-electron chi connectivity index (χ2n) is 13.2. The van der Waals surface area contributed by atoms with Crippen LogP contribution in [0, 0.1) is 11.6 Å². The van der Waals surface area contributed by atoms with Gasteiger partial charge in [0.05, 0.1) is 36.3 Å². The predicted octanol–water partition coefficient (Wildman–Crippen LogP) is 6.43. The molecular weight excluding hydrogens is 610 g/mol. The van der Waals surface area contributed by atoms with Gasteiger partial charge in [-0.15, -0.1) is 0 Å². The summed E-state index contributed by atoms with van der Waals surface area (Å²) in [5, 5.41) is 0.796. The summed E-state index contributed by atoms with van der Waals surface area (Å²) in [6.45, 7) is 9.14. The minimum atomic E-state index is -0.916. The number of likely N-dealkylation sites (tertiary alicyclic amines) is 1. The number of amides is 1. The van der Waals surface area contributed by atoms with Crippen molar-refractivity contribution in [3.05, 3.63) is 54.5 Å². The molecule has 0 spiro atoms. The Bertz CT molecular complexity index is 1690. The standard InChI is InChI=1S/C35H42F2N4O6/c1-35(2,3)47-34(42)41-20-25(21-41)45-14-6-12-43-11-5-13-44-23-15-24(16-23)46-30-8-7-22(18-39-30)26-17-29-31(33(37)32(26)36)27-19-38-10-9-28(27)40(29)4/h7-10,17-19,23-25H,5-6,11-16,20-21H2,1-4H3/t23-,24-. The molecule has 1 saturated heterocycles. The Balaban J connectivity index is 0.841. The lowest BCUT2D eigenvalue weighted by atomic mass is 9.92. The predicted molar refractivity (Wildman–Crippen MR) is 172 cm³/mol. The van der Waals surface area contributed by atoms with Gasteiger partial charge in [-0.2, -0.15) is 0 Å². The van der Waals surface area contributed by atoms with Gasteiger partial charge in [0, 0.05) is 92.9 Å². The maximum absolute atomic E-state index is 15.2. The molecule has 3 aromatic heterocycles. The maximum Gasteiger partial charge on any atom is 0.410 e. The normalized spacial score (nSPS) is 18.4. The molecule has 0 N–H and O–H groups in total. The molecule has 0 atom stereocenters. The number of fused-ring (bicyclic) bond motifs is 3. The second-order valence-corrected chi connectivity index (χ2v) is 13.2. The third-order valence-corrected chi connectivity index (χ3v) is 8.44. The molecule has 0 radical (unpaired) electrons. The minimum Gasteiger partial charge on any atom is -0.474 e. The third kappa shape index (κ3) is 7.66. The zero-order valence-corrected chi connectivity index (χ0v) is 27.3. The van der Waals surface area contributed by atoms with Gasteiger partial charge < -0.3 is 33.2 Å². The van der Waals surface area contributed by atoms with Gasteiger partial charge in [0.1, 0.15) is 11.7 Å². The van der Waals surface area contributed by atoms with Gasteiger partial charge in [-0.1, -0.05) is 0 Å². The molecule has 0 unspecified atom stereocenters. The van der Waals surface area contributed by atoms with E-state index >= 15 is 8.78 Å². The number of hydrogen-bond donors (Lipinski definition) is 0. The summed E-state index contributed by atoms with van der Waals surface area (Å²) in [5.74, 6) is -1.38. The van der Waals surface area contributed by atoms with E-state index < -0.39 is 17.2 Å². The highest BCUT2D eigenvalue weighted by Crippen LogP contribution is 2.36. The second kappa shape index (κ2) is 14.1. The van der Waals surface area contributed by atoms with Gasteiger partial charge in [-0.05, 0) is 51.8 Å². The van der Waals surface area contributed by atoms with Crippen LogP contribution in [-0.4, -0.2) is 89.0 Å². The number of carbonyl (C=O) groups excluding carboxylic acids is 1. The Labute approximate surface area is 272 Å². The van der Waals surface area contributed by atoms with Crippen LogP contribution in [-0.2, 0) is 26.0 Å². The van der Waals surface area contributed by atoms with Gasteiger partial charge in [0.15, 0.2) is 11.6 Å². The topological polar surface area (TPSA) is 97.2 Å². The van der Waals surface area contributed by atoms with E-state index in [-0.39, 0.29) is 35.4 Å². The first kappa shape index (κ1) is 33.0. The highest BCUT2D eigenvalue weighted by Gasteiger charge is 2.34. The number of aromatic nitrogens is 3. The molecule has 1 aromatic carbocycles. The van der Waals surface area contributed by atoms with Gasteiger partial charge >= 0.3 is 6.09 Å². The number of halogens is 2. The van der Waals surface area contributed by atoms with E-state index in [1.807, 2.05) is 32.4 Å². The van der Waals surface area contributed by atoms with Gasteiger partial charge in [0.2, 0.25) is 5.88 Å². The molecule has 4 aromatic rings. The molecule has 1 saturated carbocycles. The van der Waals surface area contributed by atoms with Crippen molar-refractivity contribution in [3.8, 4) is 17.0 Å². The summed E-state index contributed by atoms with van der Waals surface area (Å²) in [7, 11) is 1.82. The smallest absolute Gasteiger partial charge is 0.410 e. The van der Waals surface area contributed by atoms with Crippen molar-refractivity contribution >= 4 is 27.9 Å². The van der Waals surface area contributed by atoms with Crippen LogP contribution in [0.4, 0.5) is 13.6 Å². The molecule has 0 bridgehead atoms. The maximum atomic E-state index is 15.2. The first-order valence-electron chi connectivity index (χ1n) is 16.2. The lowest BCUT2D eigenvalue weighted by molar-refractivity contribution is -0.0706. The number of nitrogens with zero attached hydrogens (tertiary/aromatic N) is 4. The van der Waals surface area contributed by atoms with Crippen LogP contribution in [0.2, 0.25) is 0 Å². The zero-order valence-electron chi connectivity index (χ0n) is 27.3. The van der Waals surface area contributed by atoms with Crippen LogP contribution in [0.15, 0.2) is 42.9 Å². The molecule has 252 valence electrons. The average Bonchev–Trinajstić information content (AvgIpc) is 3.28. The summed E-state index contributed by atoms with van der Waals surface area (Å²) in [4.78, 5) is 22.0. The third-order valence-electron chi connectivity index (χ3n) is 8.44. The summed E-state index contributed by atoms with van der Waals surface area (Å²) in [6, 6.07) is 6.82. The highest BCUT2D eigenvalue weighted by molar-refractivity contribution is 6.09. The van der Waals surface area contributed by atoms with Crippen LogP contribution >= 0.6 is 0 Å². The lowest BCUT2D eigenvalue weighted by Crippen LogP contribution is -2.56. The number of hydrogen-bond acceptors (Lipinski definition) is 8.